The van der Waals surface area contributed by atoms with E-state index in [0.717, 1.165) is 33.5 Å². The average Bonchev–Trinajstić information content (AvgIpc) is 3.48. The predicted molar refractivity (Wildman–Crippen MR) is 230 cm³/mol. The minimum absolute atomic E-state index is 0.0277. The topological polar surface area (TPSA) is 28.7 Å². The van der Waals surface area contributed by atoms with Crippen LogP contribution in [0.5, 0.6) is 0 Å². The Hall–Kier alpha value is -4.95. The highest BCUT2D eigenvalue weighted by Gasteiger charge is 2.22. The zero-order valence-corrected chi connectivity index (χ0v) is 33.9. The molecule has 7 aromatic rings. The lowest BCUT2D eigenvalue weighted by molar-refractivity contribution is 0.590. The number of nitrogens with one attached hydrogen (secondary N) is 1. The molecule has 0 aliphatic rings. The molecule has 270 valence electrons. The van der Waals surface area contributed by atoms with E-state index < -0.39 is 0 Å². The van der Waals surface area contributed by atoms with E-state index in [4.69, 9.17) is 4.98 Å². The molecule has 0 spiro atoms. The molecule has 0 aliphatic heterocycles. The molecule has 0 atom stereocenters. The number of fused-ring (bicyclic) bond motifs is 3. The van der Waals surface area contributed by atoms with Crippen LogP contribution in [-0.4, -0.2) is 9.97 Å². The summed E-state index contributed by atoms with van der Waals surface area (Å²) in [7, 11) is 0. The number of aromatic nitrogens is 2. The first-order chi connectivity index (χ1) is 24.8. The molecule has 2 heterocycles. The summed E-state index contributed by atoms with van der Waals surface area (Å²) in [6.07, 6.45) is 0. The highest BCUT2D eigenvalue weighted by Crippen LogP contribution is 2.40. The maximum atomic E-state index is 5.46. The van der Waals surface area contributed by atoms with Gasteiger partial charge in [-0.2, -0.15) is 0 Å². The monoisotopic (exact) mass is 696 g/mol. The van der Waals surface area contributed by atoms with Crippen LogP contribution >= 0.6 is 0 Å². The standard InChI is InChI=1S/C51H56N2/c1-48(2,3)37-20-16-32(17-21-37)34-26-35(33-18-22-38(23-19-33)49(4,5)6)28-36(27-34)44-14-13-15-45(52-44)43-31-40(51(10,11)12)30-42-41-29-39(50(7,8)9)24-25-46(41)53-47(42)43/h13-31,53H,1-12H3. The Kier molecular flexibility index (Phi) is 8.84. The number of H-pyrrole nitrogens is 1. The summed E-state index contributed by atoms with van der Waals surface area (Å²) in [6, 6.07) is 43.2. The fraction of sp³-hybridized carbons (Fsp3) is 0.314. The molecule has 0 saturated heterocycles. The Morgan fingerprint density at radius 3 is 1.34 bits per heavy atom. The summed E-state index contributed by atoms with van der Waals surface area (Å²) in [5.74, 6) is 0. The van der Waals surface area contributed by atoms with Crippen molar-refractivity contribution in [1.82, 2.24) is 9.97 Å². The largest absolute Gasteiger partial charge is 0.354 e. The fourth-order valence-electron chi connectivity index (χ4n) is 7.28. The lowest BCUT2D eigenvalue weighted by Crippen LogP contribution is -2.11. The molecule has 0 fully saturated rings. The molecule has 0 saturated carbocycles. The van der Waals surface area contributed by atoms with Crippen molar-refractivity contribution in [2.45, 2.75) is 105 Å². The van der Waals surface area contributed by atoms with Gasteiger partial charge in [-0.1, -0.05) is 144 Å². The molecule has 0 unspecified atom stereocenters. The van der Waals surface area contributed by atoms with Crippen LogP contribution in [0.1, 0.15) is 105 Å². The Morgan fingerprint density at radius 1 is 0.377 bits per heavy atom. The first kappa shape index (κ1) is 36.4. The van der Waals surface area contributed by atoms with Gasteiger partial charge in [-0.05, 0) is 121 Å². The van der Waals surface area contributed by atoms with Crippen LogP contribution in [0.15, 0.2) is 115 Å². The van der Waals surface area contributed by atoms with Gasteiger partial charge < -0.3 is 4.98 Å². The van der Waals surface area contributed by atoms with Gasteiger partial charge in [-0.15, -0.1) is 0 Å². The number of rotatable bonds is 4. The van der Waals surface area contributed by atoms with Crippen LogP contribution in [0.25, 0.3) is 66.6 Å². The van der Waals surface area contributed by atoms with Gasteiger partial charge in [0.2, 0.25) is 0 Å². The molecular formula is C51H56N2. The molecular weight excluding hydrogens is 641 g/mol. The van der Waals surface area contributed by atoms with Crippen molar-refractivity contribution in [3.63, 3.8) is 0 Å². The zero-order valence-electron chi connectivity index (χ0n) is 33.9. The van der Waals surface area contributed by atoms with E-state index in [0.29, 0.717) is 0 Å². The Bertz CT molecular complexity index is 2370. The van der Waals surface area contributed by atoms with Crippen LogP contribution in [0, 0.1) is 0 Å². The van der Waals surface area contributed by atoms with Crippen molar-refractivity contribution in [3.8, 4) is 44.8 Å². The molecule has 7 rings (SSSR count). The molecule has 0 amide bonds. The lowest BCUT2D eigenvalue weighted by Gasteiger charge is -2.21. The van der Waals surface area contributed by atoms with Gasteiger partial charge in [0.25, 0.3) is 0 Å². The first-order valence-electron chi connectivity index (χ1n) is 19.2. The molecule has 53 heavy (non-hydrogen) atoms. The average molecular weight is 697 g/mol. The molecule has 1 N–H and O–H groups in total. The van der Waals surface area contributed by atoms with Crippen LogP contribution in [0.2, 0.25) is 0 Å². The van der Waals surface area contributed by atoms with Crippen LogP contribution in [-0.2, 0) is 21.7 Å². The molecule has 2 heteroatoms. The Morgan fingerprint density at radius 2 is 0.830 bits per heavy atom. The highest BCUT2D eigenvalue weighted by molar-refractivity contribution is 6.12. The number of pyridine rings is 1. The fourth-order valence-corrected chi connectivity index (χ4v) is 7.28. The van der Waals surface area contributed by atoms with E-state index in [-0.39, 0.29) is 21.7 Å². The summed E-state index contributed by atoms with van der Waals surface area (Å²) in [4.78, 5) is 9.27. The molecule has 0 radical (unpaired) electrons. The third-order valence-corrected chi connectivity index (χ3v) is 10.9. The van der Waals surface area contributed by atoms with Crippen molar-refractivity contribution in [2.75, 3.05) is 0 Å². The first-order valence-corrected chi connectivity index (χ1v) is 19.2. The lowest BCUT2D eigenvalue weighted by atomic mass is 9.83. The summed E-state index contributed by atoms with van der Waals surface area (Å²) < 4.78 is 0. The van der Waals surface area contributed by atoms with Crippen molar-refractivity contribution in [1.29, 1.82) is 0 Å². The van der Waals surface area contributed by atoms with E-state index >= 15 is 0 Å². The van der Waals surface area contributed by atoms with Crippen molar-refractivity contribution in [3.05, 3.63) is 138 Å². The minimum Gasteiger partial charge on any atom is -0.354 e. The highest BCUT2D eigenvalue weighted by atomic mass is 14.7. The number of hydrogen-bond acceptors (Lipinski definition) is 1. The molecule has 0 aliphatic carbocycles. The smallest absolute Gasteiger partial charge is 0.0730 e. The van der Waals surface area contributed by atoms with E-state index in [9.17, 15) is 0 Å². The van der Waals surface area contributed by atoms with Crippen molar-refractivity contribution in [2.24, 2.45) is 0 Å². The number of nitrogens with zero attached hydrogens (tertiary/aromatic N) is 1. The number of benzene rings is 5. The molecule has 2 aromatic heterocycles. The van der Waals surface area contributed by atoms with E-state index in [1.807, 2.05) is 0 Å². The third-order valence-electron chi connectivity index (χ3n) is 10.9. The van der Waals surface area contributed by atoms with Crippen molar-refractivity contribution < 1.29 is 0 Å². The van der Waals surface area contributed by atoms with Gasteiger partial charge in [0, 0.05) is 27.4 Å². The molecule has 0 bridgehead atoms. The molecule has 5 aromatic carbocycles. The van der Waals surface area contributed by atoms with Gasteiger partial charge in [0.1, 0.15) is 0 Å². The summed E-state index contributed by atoms with van der Waals surface area (Å²) in [5.41, 5.74) is 16.8. The van der Waals surface area contributed by atoms with Crippen LogP contribution in [0.4, 0.5) is 0 Å². The van der Waals surface area contributed by atoms with Crippen molar-refractivity contribution >= 4 is 21.8 Å². The quantitative estimate of drug-likeness (QED) is 0.195. The second-order valence-corrected chi connectivity index (χ2v) is 19.2. The predicted octanol–water partition coefficient (Wildman–Crippen LogP) is 14.6. The minimum atomic E-state index is -0.0277. The van der Waals surface area contributed by atoms with Gasteiger partial charge in [0.15, 0.2) is 0 Å². The van der Waals surface area contributed by atoms with E-state index in [2.05, 4.69) is 203 Å². The van der Waals surface area contributed by atoms with E-state index in [1.165, 1.54) is 55.3 Å². The third kappa shape index (κ3) is 7.34. The SMILES string of the molecule is CC(C)(C)c1ccc(-c2cc(-c3ccc(C(C)(C)C)cc3)cc(-c3cccc(-c4cc(C(C)(C)C)cc5c4[nH]c4ccc(C(C)(C)C)cc45)n3)c2)cc1. The second kappa shape index (κ2) is 12.9. The van der Waals surface area contributed by atoms with Gasteiger partial charge >= 0.3 is 0 Å². The maximum absolute atomic E-state index is 5.46. The van der Waals surface area contributed by atoms with Crippen LogP contribution in [0.3, 0.4) is 0 Å². The second-order valence-electron chi connectivity index (χ2n) is 19.2. The zero-order chi connectivity index (χ0) is 38.1. The van der Waals surface area contributed by atoms with Gasteiger partial charge in [-0.3, -0.25) is 0 Å². The van der Waals surface area contributed by atoms with Gasteiger partial charge in [-0.25, -0.2) is 4.98 Å². The van der Waals surface area contributed by atoms with Gasteiger partial charge in [0.05, 0.1) is 16.9 Å². The Labute approximate surface area is 317 Å². The summed E-state index contributed by atoms with van der Waals surface area (Å²) in [6.45, 7) is 27.4. The maximum Gasteiger partial charge on any atom is 0.0730 e. The molecule has 2 nitrogen and oxygen atoms in total. The normalized spacial score (nSPS) is 12.9. The summed E-state index contributed by atoms with van der Waals surface area (Å²) >= 11 is 0. The Balaban J connectivity index is 1.41. The van der Waals surface area contributed by atoms with Crippen LogP contribution < -0.4 is 0 Å². The van der Waals surface area contributed by atoms with E-state index in [1.54, 1.807) is 0 Å². The summed E-state index contributed by atoms with van der Waals surface area (Å²) in [5, 5.41) is 2.52. The number of aromatic amines is 1. The number of hydrogen-bond donors (Lipinski definition) is 1.